The summed E-state index contributed by atoms with van der Waals surface area (Å²) in [5, 5.41) is 7.66. The first kappa shape index (κ1) is 21.2. The second kappa shape index (κ2) is 8.14. The highest BCUT2D eigenvalue weighted by molar-refractivity contribution is 7.99. The van der Waals surface area contributed by atoms with Gasteiger partial charge < -0.3 is 19.8 Å². The molecular weight excluding hydrogens is 480 g/mol. The molecule has 4 aromatic rings. The Bertz CT molecular complexity index is 1480. The molecule has 0 saturated heterocycles. The fourth-order valence-corrected chi connectivity index (χ4v) is 6.00. The zero-order valence-corrected chi connectivity index (χ0v) is 19.4. The maximum absolute atomic E-state index is 12.5. The van der Waals surface area contributed by atoms with Crippen LogP contribution in [0.4, 0.5) is 5.82 Å². The van der Waals surface area contributed by atoms with Crippen LogP contribution in [0.25, 0.3) is 22.4 Å². The second-order valence-corrected chi connectivity index (χ2v) is 10.8. The van der Waals surface area contributed by atoms with Gasteiger partial charge in [0.1, 0.15) is 6.33 Å². The zero-order chi connectivity index (χ0) is 23.3. The number of hydrogen-bond acceptors (Lipinski definition) is 10. The number of imidazole rings is 1. The summed E-state index contributed by atoms with van der Waals surface area (Å²) in [5.41, 5.74) is 8.48. The molecule has 0 radical (unpaired) electrons. The average Bonchev–Trinajstić information content (AvgIpc) is 3.21. The first-order valence-corrected chi connectivity index (χ1v) is 13.0. The Morgan fingerprint density at radius 2 is 2.06 bits per heavy atom. The van der Waals surface area contributed by atoms with E-state index < -0.39 is 10.0 Å². The second-order valence-electron chi connectivity index (χ2n) is 7.95. The van der Waals surface area contributed by atoms with Crippen LogP contribution in [0.3, 0.4) is 0 Å². The Labute approximate surface area is 198 Å². The van der Waals surface area contributed by atoms with Crippen LogP contribution in [0.5, 0.6) is 11.5 Å². The molecule has 1 aromatic carbocycles. The van der Waals surface area contributed by atoms with E-state index in [0.29, 0.717) is 27.8 Å². The molecule has 34 heavy (non-hydrogen) atoms. The number of nitrogens with one attached hydrogen (secondary N) is 2. The SMILES string of the molecule is Nc1ncnc2c1nc(Sc1cc3c(cc1-c1cc[nH]n1)OCO3)n2CCS(=O)(=O)NC1CC1. The summed E-state index contributed by atoms with van der Waals surface area (Å²) in [6.45, 7) is 0.291. The van der Waals surface area contributed by atoms with Gasteiger partial charge in [0.05, 0.1) is 11.4 Å². The lowest BCUT2D eigenvalue weighted by Crippen LogP contribution is -2.30. The van der Waals surface area contributed by atoms with Crippen LogP contribution in [0, 0.1) is 0 Å². The fraction of sp³-hybridized carbons (Fsp3) is 0.300. The van der Waals surface area contributed by atoms with Gasteiger partial charge in [0, 0.05) is 29.2 Å². The number of anilines is 1. The maximum Gasteiger partial charge on any atom is 0.231 e. The lowest BCUT2D eigenvalue weighted by atomic mass is 10.1. The van der Waals surface area contributed by atoms with Crippen molar-refractivity contribution in [1.29, 1.82) is 0 Å². The molecule has 1 aliphatic carbocycles. The summed E-state index contributed by atoms with van der Waals surface area (Å²) in [7, 11) is -3.45. The van der Waals surface area contributed by atoms with Crippen LogP contribution in [-0.4, -0.2) is 56.7 Å². The molecule has 12 nitrogen and oxygen atoms in total. The number of rotatable bonds is 8. The predicted molar refractivity (Wildman–Crippen MR) is 124 cm³/mol. The molecule has 4 N–H and O–H groups in total. The summed E-state index contributed by atoms with van der Waals surface area (Å²) in [6, 6.07) is 5.62. The van der Waals surface area contributed by atoms with Crippen molar-refractivity contribution in [1.82, 2.24) is 34.4 Å². The van der Waals surface area contributed by atoms with Crippen LogP contribution >= 0.6 is 11.8 Å². The summed E-state index contributed by atoms with van der Waals surface area (Å²) in [4.78, 5) is 13.8. The Morgan fingerprint density at radius 3 is 2.82 bits per heavy atom. The van der Waals surface area contributed by atoms with Crippen molar-refractivity contribution < 1.29 is 17.9 Å². The van der Waals surface area contributed by atoms with Gasteiger partial charge in [-0.05, 0) is 31.0 Å². The van der Waals surface area contributed by atoms with Crippen molar-refractivity contribution in [2.75, 3.05) is 18.3 Å². The highest BCUT2D eigenvalue weighted by atomic mass is 32.2. The molecular formula is C20H20N8O4S2. The van der Waals surface area contributed by atoms with Gasteiger partial charge in [-0.3, -0.25) is 5.10 Å². The Hall–Kier alpha value is -3.36. The Kier molecular flexibility index (Phi) is 5.08. The molecule has 4 heterocycles. The van der Waals surface area contributed by atoms with Gasteiger partial charge in [-0.15, -0.1) is 0 Å². The van der Waals surface area contributed by atoms with Crippen LogP contribution in [-0.2, 0) is 16.6 Å². The molecule has 3 aromatic heterocycles. The van der Waals surface area contributed by atoms with Gasteiger partial charge in [-0.1, -0.05) is 11.8 Å². The van der Waals surface area contributed by atoms with Crippen LogP contribution in [0.15, 0.2) is 40.8 Å². The number of nitrogens with zero attached hydrogens (tertiary/aromatic N) is 5. The van der Waals surface area contributed by atoms with E-state index in [9.17, 15) is 8.42 Å². The number of fused-ring (bicyclic) bond motifs is 2. The molecule has 1 fully saturated rings. The lowest BCUT2D eigenvalue weighted by molar-refractivity contribution is 0.174. The topological polar surface area (TPSA) is 163 Å². The van der Waals surface area contributed by atoms with Crippen LogP contribution in [0.1, 0.15) is 12.8 Å². The Morgan fingerprint density at radius 1 is 1.24 bits per heavy atom. The third kappa shape index (κ3) is 4.03. The number of aromatic amines is 1. The smallest absolute Gasteiger partial charge is 0.231 e. The van der Waals surface area contributed by atoms with Gasteiger partial charge in [0.15, 0.2) is 33.6 Å². The van der Waals surface area contributed by atoms with Crippen molar-refractivity contribution in [3.63, 3.8) is 0 Å². The minimum atomic E-state index is -3.45. The van der Waals surface area contributed by atoms with Crippen molar-refractivity contribution in [2.24, 2.45) is 0 Å². The number of nitrogen functional groups attached to an aromatic ring is 1. The molecule has 0 bridgehead atoms. The van der Waals surface area contributed by atoms with E-state index in [1.807, 2.05) is 18.2 Å². The van der Waals surface area contributed by atoms with Gasteiger partial charge in [0.25, 0.3) is 0 Å². The molecule has 0 unspecified atom stereocenters. The van der Waals surface area contributed by atoms with E-state index in [1.165, 1.54) is 18.1 Å². The number of hydrogen-bond donors (Lipinski definition) is 3. The number of benzene rings is 1. The Balaban J connectivity index is 1.40. The minimum absolute atomic E-state index is 0.0430. The van der Waals surface area contributed by atoms with E-state index in [2.05, 4.69) is 29.9 Å². The molecule has 1 aliphatic heterocycles. The number of H-pyrrole nitrogens is 1. The number of ether oxygens (including phenoxy) is 2. The predicted octanol–water partition coefficient (Wildman–Crippen LogP) is 1.76. The van der Waals surface area contributed by atoms with E-state index in [-0.39, 0.29) is 31.0 Å². The lowest BCUT2D eigenvalue weighted by Gasteiger charge is -2.12. The third-order valence-electron chi connectivity index (χ3n) is 5.49. The molecule has 1 saturated carbocycles. The minimum Gasteiger partial charge on any atom is -0.454 e. The van der Waals surface area contributed by atoms with Crippen molar-refractivity contribution >= 4 is 38.8 Å². The standard InChI is InChI=1S/C20H20N8O4S2/c21-18-17-19(23-9-22-18)28(5-6-34(29,30)27-11-1-2-11)20(25-17)33-16-8-15-14(31-10-32-15)7-12(16)13-3-4-24-26-13/h3-4,7-9,11,27H,1-2,5-6,10H2,(H,24,26)(H2,21,22,23). The summed E-state index contributed by atoms with van der Waals surface area (Å²) < 4.78 is 40.6. The average molecular weight is 501 g/mol. The van der Waals surface area contributed by atoms with E-state index >= 15 is 0 Å². The van der Waals surface area contributed by atoms with Crippen LogP contribution < -0.4 is 19.9 Å². The zero-order valence-electron chi connectivity index (χ0n) is 17.8. The molecule has 176 valence electrons. The first-order valence-electron chi connectivity index (χ1n) is 10.6. The number of aromatic nitrogens is 6. The quantitative estimate of drug-likeness (QED) is 0.325. The molecule has 0 amide bonds. The van der Waals surface area contributed by atoms with Crippen molar-refractivity contribution in [3.8, 4) is 22.8 Å². The molecule has 2 aliphatic rings. The number of nitrogens with two attached hydrogens (primary N) is 1. The number of sulfonamides is 1. The normalized spacial score (nSPS) is 15.3. The monoisotopic (exact) mass is 500 g/mol. The van der Waals surface area contributed by atoms with Gasteiger partial charge in [0.2, 0.25) is 16.8 Å². The molecule has 6 rings (SSSR count). The first-order chi connectivity index (χ1) is 16.5. The van der Waals surface area contributed by atoms with Crippen LogP contribution in [0.2, 0.25) is 0 Å². The fourth-order valence-electron chi connectivity index (χ4n) is 3.66. The van der Waals surface area contributed by atoms with E-state index in [0.717, 1.165) is 29.0 Å². The summed E-state index contributed by atoms with van der Waals surface area (Å²) in [6.07, 6.45) is 4.82. The highest BCUT2D eigenvalue weighted by Gasteiger charge is 2.28. The number of aryl methyl sites for hydroxylation is 1. The molecule has 0 spiro atoms. The summed E-state index contributed by atoms with van der Waals surface area (Å²) >= 11 is 1.34. The molecule has 0 atom stereocenters. The third-order valence-corrected chi connectivity index (χ3v) is 7.95. The highest BCUT2D eigenvalue weighted by Crippen LogP contribution is 2.44. The van der Waals surface area contributed by atoms with E-state index in [4.69, 9.17) is 15.2 Å². The van der Waals surface area contributed by atoms with Gasteiger partial charge in [-0.2, -0.15) is 5.10 Å². The van der Waals surface area contributed by atoms with Crippen molar-refractivity contribution in [3.05, 3.63) is 30.7 Å². The maximum atomic E-state index is 12.5. The van der Waals surface area contributed by atoms with E-state index in [1.54, 1.807) is 10.8 Å². The molecule has 14 heteroatoms. The van der Waals surface area contributed by atoms with Crippen molar-refractivity contribution in [2.45, 2.75) is 35.5 Å². The largest absolute Gasteiger partial charge is 0.454 e. The van der Waals surface area contributed by atoms with Gasteiger partial charge >= 0.3 is 0 Å². The summed E-state index contributed by atoms with van der Waals surface area (Å²) in [5.74, 6) is 1.35. The van der Waals surface area contributed by atoms with Gasteiger partial charge in [-0.25, -0.2) is 28.1 Å².